The molecule has 36 heavy (non-hydrogen) atoms. The van der Waals surface area contributed by atoms with Crippen molar-refractivity contribution in [2.75, 3.05) is 19.0 Å². The third-order valence-corrected chi connectivity index (χ3v) is 8.24. The Bertz CT molecular complexity index is 1430. The maximum Gasteiger partial charge on any atom is 0.348 e. The summed E-state index contributed by atoms with van der Waals surface area (Å²) in [5.41, 5.74) is 4.96. The number of nitrogens with one attached hydrogen (secondary N) is 1. The van der Waals surface area contributed by atoms with Gasteiger partial charge in [0.25, 0.3) is 11.5 Å². The molecule has 11 nitrogen and oxygen atoms in total. The van der Waals surface area contributed by atoms with E-state index in [1.807, 2.05) is 25.3 Å². The molecule has 4 N–H and O–H groups in total. The van der Waals surface area contributed by atoms with E-state index in [1.54, 1.807) is 18.2 Å². The van der Waals surface area contributed by atoms with E-state index in [2.05, 4.69) is 15.2 Å². The van der Waals surface area contributed by atoms with Crippen LogP contribution in [0.4, 0.5) is 5.69 Å². The molecule has 0 radical (unpaired) electrons. The van der Waals surface area contributed by atoms with E-state index in [4.69, 9.17) is 15.0 Å². The van der Waals surface area contributed by atoms with Gasteiger partial charge in [-0.1, -0.05) is 19.9 Å². The first-order valence-corrected chi connectivity index (χ1v) is 13.6. The van der Waals surface area contributed by atoms with Gasteiger partial charge < -0.3 is 25.4 Å². The van der Waals surface area contributed by atoms with Crippen LogP contribution in [0.15, 0.2) is 45.3 Å². The number of anilines is 1. The number of aromatic nitrogens is 2. The number of hydrogen-bond donors (Lipinski definition) is 3. The van der Waals surface area contributed by atoms with Crippen molar-refractivity contribution in [2.24, 2.45) is 16.4 Å². The number of rotatable bonds is 9. The zero-order chi connectivity index (χ0) is 26.0. The molecule has 1 aliphatic rings. The van der Waals surface area contributed by atoms with Crippen LogP contribution in [0.5, 0.6) is 11.5 Å². The summed E-state index contributed by atoms with van der Waals surface area (Å²) in [7, 11) is -2.65. The lowest BCUT2D eigenvalue weighted by molar-refractivity contribution is -0.119. The smallest absolute Gasteiger partial charge is 0.348 e. The van der Waals surface area contributed by atoms with Crippen LogP contribution in [0.1, 0.15) is 25.8 Å². The third kappa shape index (κ3) is 5.06. The van der Waals surface area contributed by atoms with E-state index in [9.17, 15) is 19.3 Å². The molecule has 1 aliphatic heterocycles. The number of carbonyl (C=O) groups is 1. The number of hydrogen-bond acceptors (Lipinski definition) is 9. The van der Waals surface area contributed by atoms with Gasteiger partial charge in [0, 0.05) is 13.7 Å². The lowest BCUT2D eigenvalue weighted by Crippen LogP contribution is -2.35. The fraction of sp³-hybridized carbons (Fsp3) is 0.304. The molecule has 13 heteroatoms. The number of ether oxygens (including phenoxy) is 1. The Balaban J connectivity index is 1.85. The number of fused-ring (bicyclic) bond motifs is 1. The molecule has 0 fully saturated rings. The summed E-state index contributed by atoms with van der Waals surface area (Å²) < 4.78 is 29.9. The summed E-state index contributed by atoms with van der Waals surface area (Å²) in [6.07, 6.45) is 0.689. The van der Waals surface area contributed by atoms with Crippen molar-refractivity contribution in [3.8, 4) is 22.1 Å². The van der Waals surface area contributed by atoms with Crippen LogP contribution in [-0.4, -0.2) is 40.3 Å². The molecule has 3 heterocycles. The van der Waals surface area contributed by atoms with Gasteiger partial charge >= 0.3 is 7.52 Å². The van der Waals surface area contributed by atoms with Crippen LogP contribution in [0, 0.1) is 5.92 Å². The van der Waals surface area contributed by atoms with Crippen LogP contribution in [-0.2, 0) is 20.4 Å². The molecule has 0 bridgehead atoms. The molecule has 1 amide bonds. The number of benzene rings is 1. The predicted octanol–water partition coefficient (Wildman–Crippen LogP) is 2.92. The quantitative estimate of drug-likeness (QED) is 0.356. The maximum absolute atomic E-state index is 13.7. The van der Waals surface area contributed by atoms with E-state index in [0.717, 1.165) is 0 Å². The van der Waals surface area contributed by atoms with Gasteiger partial charge in [0.1, 0.15) is 17.0 Å². The molecule has 1 atom stereocenters. The molecular formula is C23H26N5O6PS. The summed E-state index contributed by atoms with van der Waals surface area (Å²) in [5, 5.41) is 20.6. The average Bonchev–Trinajstić information content (AvgIpc) is 3.37. The zero-order valence-electron chi connectivity index (χ0n) is 19.9. The molecule has 0 aliphatic carbocycles. The first kappa shape index (κ1) is 25.6. The molecule has 2 aromatic heterocycles. The second-order valence-electron chi connectivity index (χ2n) is 8.47. The van der Waals surface area contributed by atoms with Gasteiger partial charge in [-0.3, -0.25) is 14.2 Å². The minimum absolute atomic E-state index is 0.0977. The van der Waals surface area contributed by atoms with Gasteiger partial charge in [0.05, 0.1) is 15.9 Å². The average molecular weight is 532 g/mol. The van der Waals surface area contributed by atoms with E-state index in [0.29, 0.717) is 29.4 Å². The van der Waals surface area contributed by atoms with E-state index in [1.165, 1.54) is 29.2 Å². The van der Waals surface area contributed by atoms with E-state index in [-0.39, 0.29) is 40.5 Å². The Morgan fingerprint density at radius 3 is 2.75 bits per heavy atom. The molecule has 190 valence electrons. The van der Waals surface area contributed by atoms with Crippen molar-refractivity contribution < 1.29 is 23.7 Å². The Morgan fingerprint density at radius 2 is 2.11 bits per heavy atom. The van der Waals surface area contributed by atoms with Gasteiger partial charge in [-0.05, 0) is 42.0 Å². The summed E-state index contributed by atoms with van der Waals surface area (Å²) in [5.74, 6) is -0.572. The Kier molecular flexibility index (Phi) is 7.30. The summed E-state index contributed by atoms with van der Waals surface area (Å²) >= 11 is 1.36. The van der Waals surface area contributed by atoms with Crippen LogP contribution in [0.3, 0.4) is 0 Å². The van der Waals surface area contributed by atoms with Crippen molar-refractivity contribution in [1.82, 2.24) is 9.78 Å². The number of aromatic hydroxyl groups is 1. The van der Waals surface area contributed by atoms with Gasteiger partial charge in [-0.2, -0.15) is 9.86 Å². The zero-order valence-corrected chi connectivity index (χ0v) is 21.6. The maximum atomic E-state index is 13.7. The molecule has 4 rings (SSSR count). The third-order valence-electron chi connectivity index (χ3n) is 5.43. The van der Waals surface area contributed by atoms with Crippen LogP contribution < -0.4 is 26.7 Å². The Morgan fingerprint density at radius 1 is 1.33 bits per heavy atom. The van der Waals surface area contributed by atoms with Crippen LogP contribution in [0.25, 0.3) is 10.6 Å². The lowest BCUT2D eigenvalue weighted by Gasteiger charge is -2.25. The lowest BCUT2D eigenvalue weighted by atomic mass is 10.1. The number of primary amides is 1. The molecule has 0 saturated carbocycles. The van der Waals surface area contributed by atoms with Gasteiger partial charge in [0.15, 0.2) is 18.2 Å². The highest BCUT2D eigenvalue weighted by molar-refractivity contribution is 7.66. The van der Waals surface area contributed by atoms with Crippen molar-refractivity contribution in [2.45, 2.75) is 26.8 Å². The number of carbonyl (C=O) groups excluding carboxylic acids is 1. The van der Waals surface area contributed by atoms with Crippen molar-refractivity contribution in [1.29, 1.82) is 0 Å². The summed E-state index contributed by atoms with van der Waals surface area (Å²) in [6.45, 7) is 4.04. The van der Waals surface area contributed by atoms with Crippen LogP contribution >= 0.6 is 18.9 Å². The molecule has 1 aromatic carbocycles. The number of amidine groups is 1. The predicted molar refractivity (Wildman–Crippen MR) is 138 cm³/mol. The first-order valence-electron chi connectivity index (χ1n) is 11.1. The van der Waals surface area contributed by atoms with Crippen molar-refractivity contribution >= 4 is 41.6 Å². The van der Waals surface area contributed by atoms with E-state index < -0.39 is 19.0 Å². The fourth-order valence-electron chi connectivity index (χ4n) is 3.57. The summed E-state index contributed by atoms with van der Waals surface area (Å²) in [6, 6.07) is 8.13. The number of thiophene rings is 1. The van der Waals surface area contributed by atoms with Crippen molar-refractivity contribution in [3.05, 3.63) is 51.6 Å². The highest BCUT2D eigenvalue weighted by atomic mass is 32.1. The monoisotopic (exact) mass is 531 g/mol. The van der Waals surface area contributed by atoms with Crippen LogP contribution in [0.2, 0.25) is 0 Å². The van der Waals surface area contributed by atoms with E-state index >= 15 is 0 Å². The highest BCUT2D eigenvalue weighted by Gasteiger charge is 2.36. The number of aryl methyl sites for hydroxylation is 1. The van der Waals surface area contributed by atoms with Gasteiger partial charge in [0.2, 0.25) is 0 Å². The molecule has 0 spiro atoms. The second-order valence-corrected chi connectivity index (χ2v) is 11.5. The van der Waals surface area contributed by atoms with Gasteiger partial charge in [-0.25, -0.2) is 4.68 Å². The first-order chi connectivity index (χ1) is 17.1. The minimum atomic E-state index is -3.89. The second kappa shape index (κ2) is 10.3. The SMILES string of the molecule is COP1(=O)N=C(c2c(O)c(-c3cccs3)nn(CCC(C)C)c2=O)Nc2ccc(OCC(N)=O)cc21. The normalized spacial score (nSPS) is 16.8. The molecule has 3 aromatic rings. The molecule has 0 saturated heterocycles. The number of nitrogens with zero attached hydrogens (tertiary/aromatic N) is 3. The topological polar surface area (TPSA) is 158 Å². The fourth-order valence-corrected chi connectivity index (χ4v) is 5.81. The van der Waals surface area contributed by atoms with Gasteiger partial charge in [-0.15, -0.1) is 11.3 Å². The molecular weight excluding hydrogens is 505 g/mol. The Hall–Kier alpha value is -3.47. The van der Waals surface area contributed by atoms with Crippen molar-refractivity contribution in [3.63, 3.8) is 0 Å². The number of amides is 1. The number of nitrogens with two attached hydrogens (primary N) is 1. The standard InChI is InChI=1S/C23H26N5O6PS/c1-13(2)8-9-28-23(31)19(21(30)20(26-28)17-5-4-10-36-17)22-25-15-7-6-14(34-12-18(24)29)11-16(15)35(32,27-22)33-3/h4-7,10-11,13,30H,8-9,12H2,1-3H3,(H2,24,29)(H,25,27,32). The largest absolute Gasteiger partial charge is 0.505 e. The minimum Gasteiger partial charge on any atom is -0.505 e. The summed E-state index contributed by atoms with van der Waals surface area (Å²) in [4.78, 5) is 25.2. The molecule has 1 unspecified atom stereocenters. The Labute approximate surface area is 211 Å². The highest BCUT2D eigenvalue weighted by Crippen LogP contribution is 2.52.